The molecule has 0 saturated carbocycles. The van der Waals surface area contributed by atoms with Crippen molar-refractivity contribution in [2.75, 3.05) is 18.4 Å². The summed E-state index contributed by atoms with van der Waals surface area (Å²) in [5, 5.41) is 12.2. The molecule has 0 radical (unpaired) electrons. The SMILES string of the molecule is Cc1ccc(NC(=O)C(C)N2CCC(C)(C(=O)O)C2)cc1C. The van der Waals surface area contributed by atoms with Gasteiger partial charge in [-0.2, -0.15) is 0 Å². The highest BCUT2D eigenvalue weighted by Crippen LogP contribution is 2.31. The van der Waals surface area contributed by atoms with Crippen LogP contribution in [0.15, 0.2) is 18.2 Å². The van der Waals surface area contributed by atoms with E-state index in [1.165, 1.54) is 5.56 Å². The number of carbonyl (C=O) groups is 2. The Bertz CT molecular complexity index is 600. The van der Waals surface area contributed by atoms with Gasteiger partial charge in [0, 0.05) is 18.8 Å². The van der Waals surface area contributed by atoms with Crippen LogP contribution in [0.5, 0.6) is 0 Å². The summed E-state index contributed by atoms with van der Waals surface area (Å²) < 4.78 is 0. The van der Waals surface area contributed by atoms with E-state index in [-0.39, 0.29) is 11.9 Å². The molecule has 5 nitrogen and oxygen atoms in total. The van der Waals surface area contributed by atoms with Crippen molar-refractivity contribution in [1.29, 1.82) is 0 Å². The number of benzene rings is 1. The van der Waals surface area contributed by atoms with Gasteiger partial charge in [-0.05, 0) is 57.4 Å². The fraction of sp³-hybridized carbons (Fsp3) is 0.529. The third-order valence-corrected chi connectivity index (χ3v) is 4.72. The van der Waals surface area contributed by atoms with E-state index in [0.717, 1.165) is 11.3 Å². The Morgan fingerprint density at radius 1 is 1.32 bits per heavy atom. The molecule has 0 spiro atoms. The lowest BCUT2D eigenvalue weighted by Gasteiger charge is -2.25. The number of hydrogen-bond acceptors (Lipinski definition) is 3. The van der Waals surface area contributed by atoms with Gasteiger partial charge in [0.15, 0.2) is 0 Å². The minimum Gasteiger partial charge on any atom is -0.481 e. The number of hydrogen-bond donors (Lipinski definition) is 2. The summed E-state index contributed by atoms with van der Waals surface area (Å²) in [6, 6.07) is 5.47. The Hall–Kier alpha value is -1.88. The van der Waals surface area contributed by atoms with E-state index in [1.54, 1.807) is 6.92 Å². The third-order valence-electron chi connectivity index (χ3n) is 4.72. The topological polar surface area (TPSA) is 69.6 Å². The first-order valence-electron chi connectivity index (χ1n) is 7.58. The van der Waals surface area contributed by atoms with Crippen LogP contribution in [-0.4, -0.2) is 41.0 Å². The molecule has 1 fully saturated rings. The molecule has 5 heteroatoms. The van der Waals surface area contributed by atoms with E-state index in [2.05, 4.69) is 5.32 Å². The van der Waals surface area contributed by atoms with Crippen LogP contribution >= 0.6 is 0 Å². The van der Waals surface area contributed by atoms with Crippen molar-refractivity contribution < 1.29 is 14.7 Å². The largest absolute Gasteiger partial charge is 0.481 e. The zero-order valence-electron chi connectivity index (χ0n) is 13.6. The first kappa shape index (κ1) is 16.5. The number of anilines is 1. The monoisotopic (exact) mass is 304 g/mol. The number of aryl methyl sites for hydroxylation is 2. The fourth-order valence-corrected chi connectivity index (χ4v) is 2.73. The number of nitrogens with one attached hydrogen (secondary N) is 1. The molecule has 0 aromatic heterocycles. The van der Waals surface area contributed by atoms with Crippen LogP contribution in [-0.2, 0) is 9.59 Å². The quantitative estimate of drug-likeness (QED) is 0.896. The van der Waals surface area contributed by atoms with E-state index in [9.17, 15) is 14.7 Å². The van der Waals surface area contributed by atoms with Gasteiger partial charge in [0.2, 0.25) is 5.91 Å². The first-order valence-corrected chi connectivity index (χ1v) is 7.58. The Morgan fingerprint density at radius 3 is 2.55 bits per heavy atom. The van der Waals surface area contributed by atoms with Crippen LogP contribution < -0.4 is 5.32 Å². The predicted molar refractivity (Wildman–Crippen MR) is 85.9 cm³/mol. The van der Waals surface area contributed by atoms with E-state index >= 15 is 0 Å². The molecule has 1 amide bonds. The maximum absolute atomic E-state index is 12.4. The van der Waals surface area contributed by atoms with Crippen molar-refractivity contribution in [3.63, 3.8) is 0 Å². The molecule has 2 atom stereocenters. The normalized spacial score (nSPS) is 23.3. The minimum atomic E-state index is -0.795. The van der Waals surface area contributed by atoms with Gasteiger partial charge in [-0.15, -0.1) is 0 Å². The summed E-state index contributed by atoms with van der Waals surface area (Å²) >= 11 is 0. The summed E-state index contributed by atoms with van der Waals surface area (Å²) in [6.07, 6.45) is 0.573. The highest BCUT2D eigenvalue weighted by molar-refractivity contribution is 5.94. The van der Waals surface area contributed by atoms with E-state index in [1.807, 2.05) is 43.9 Å². The number of nitrogens with zero attached hydrogens (tertiary/aromatic N) is 1. The Labute approximate surface area is 131 Å². The molecule has 0 aliphatic carbocycles. The summed E-state index contributed by atoms with van der Waals surface area (Å²) in [5.41, 5.74) is 2.34. The minimum absolute atomic E-state index is 0.0992. The van der Waals surface area contributed by atoms with E-state index < -0.39 is 11.4 Å². The Morgan fingerprint density at radius 2 is 2.00 bits per heavy atom. The van der Waals surface area contributed by atoms with E-state index in [4.69, 9.17) is 0 Å². The zero-order chi connectivity index (χ0) is 16.5. The smallest absolute Gasteiger partial charge is 0.310 e. The van der Waals surface area contributed by atoms with Gasteiger partial charge in [-0.1, -0.05) is 6.07 Å². The van der Waals surface area contributed by atoms with Crippen LogP contribution in [0.2, 0.25) is 0 Å². The van der Waals surface area contributed by atoms with Gasteiger partial charge < -0.3 is 10.4 Å². The van der Waals surface area contributed by atoms with Crippen LogP contribution in [0.1, 0.15) is 31.4 Å². The number of carbonyl (C=O) groups excluding carboxylic acids is 1. The highest BCUT2D eigenvalue weighted by Gasteiger charge is 2.42. The van der Waals surface area contributed by atoms with E-state index in [0.29, 0.717) is 19.5 Å². The standard InChI is InChI=1S/C17H24N2O3/c1-11-5-6-14(9-12(11)2)18-15(20)13(3)19-8-7-17(4,10-19)16(21)22/h5-6,9,13H,7-8,10H2,1-4H3,(H,18,20)(H,21,22). The molecule has 1 aliphatic heterocycles. The molecular formula is C17H24N2O3. The van der Waals surface area contributed by atoms with Gasteiger partial charge in [0.25, 0.3) is 0 Å². The first-order chi connectivity index (χ1) is 10.2. The number of aliphatic carboxylic acids is 1. The second kappa shape index (κ2) is 6.08. The maximum Gasteiger partial charge on any atom is 0.310 e. The van der Waals surface area contributed by atoms with Crippen LogP contribution in [0.4, 0.5) is 5.69 Å². The highest BCUT2D eigenvalue weighted by atomic mass is 16.4. The molecule has 2 N–H and O–H groups in total. The molecule has 1 heterocycles. The average Bonchev–Trinajstić information content (AvgIpc) is 2.86. The lowest BCUT2D eigenvalue weighted by atomic mass is 9.90. The summed E-state index contributed by atoms with van der Waals surface area (Å²) in [7, 11) is 0. The van der Waals surface area contributed by atoms with Crippen molar-refractivity contribution >= 4 is 17.6 Å². The summed E-state index contributed by atoms with van der Waals surface area (Å²) in [4.78, 5) is 25.6. The van der Waals surface area contributed by atoms with Gasteiger partial charge >= 0.3 is 5.97 Å². The van der Waals surface area contributed by atoms with Gasteiger partial charge in [0.1, 0.15) is 0 Å². The molecule has 120 valence electrons. The summed E-state index contributed by atoms with van der Waals surface area (Å²) in [6.45, 7) is 8.63. The average molecular weight is 304 g/mol. The lowest BCUT2D eigenvalue weighted by Crippen LogP contribution is -2.42. The number of amides is 1. The lowest BCUT2D eigenvalue weighted by molar-refractivity contribution is -0.147. The molecule has 1 aromatic carbocycles. The van der Waals surface area contributed by atoms with Gasteiger partial charge in [-0.3, -0.25) is 14.5 Å². The molecule has 22 heavy (non-hydrogen) atoms. The van der Waals surface area contributed by atoms with Gasteiger partial charge in [0.05, 0.1) is 11.5 Å². The molecule has 2 rings (SSSR count). The molecule has 2 unspecified atom stereocenters. The second-order valence-corrected chi connectivity index (χ2v) is 6.55. The Balaban J connectivity index is 2.01. The number of rotatable bonds is 4. The molecular weight excluding hydrogens is 280 g/mol. The van der Waals surface area contributed by atoms with Crippen LogP contribution in [0.3, 0.4) is 0 Å². The number of likely N-dealkylation sites (tertiary alicyclic amines) is 1. The van der Waals surface area contributed by atoms with Gasteiger partial charge in [-0.25, -0.2) is 0 Å². The van der Waals surface area contributed by atoms with Crippen molar-refractivity contribution in [1.82, 2.24) is 4.90 Å². The third kappa shape index (κ3) is 3.30. The molecule has 1 aromatic rings. The molecule has 1 aliphatic rings. The van der Waals surface area contributed by atoms with Crippen molar-refractivity contribution in [3.05, 3.63) is 29.3 Å². The zero-order valence-corrected chi connectivity index (χ0v) is 13.6. The summed E-state index contributed by atoms with van der Waals surface area (Å²) in [5.74, 6) is -0.894. The van der Waals surface area contributed by atoms with Crippen LogP contribution in [0.25, 0.3) is 0 Å². The van der Waals surface area contributed by atoms with Crippen molar-refractivity contribution in [2.24, 2.45) is 5.41 Å². The van der Waals surface area contributed by atoms with Crippen molar-refractivity contribution in [3.8, 4) is 0 Å². The second-order valence-electron chi connectivity index (χ2n) is 6.55. The number of carboxylic acids is 1. The molecule has 0 bridgehead atoms. The van der Waals surface area contributed by atoms with Crippen molar-refractivity contribution in [2.45, 2.75) is 40.2 Å². The fourth-order valence-electron chi connectivity index (χ4n) is 2.73. The Kier molecular flexibility index (Phi) is 4.56. The number of carboxylic acid groups (broad SMARTS) is 1. The van der Waals surface area contributed by atoms with Crippen LogP contribution in [0, 0.1) is 19.3 Å². The maximum atomic E-state index is 12.4. The molecule has 1 saturated heterocycles. The predicted octanol–water partition coefficient (Wildman–Crippen LogP) is 2.43.